The summed E-state index contributed by atoms with van der Waals surface area (Å²) in [6.45, 7) is -0.646. The van der Waals surface area contributed by atoms with Crippen LogP contribution in [0.2, 0.25) is 0 Å². The minimum absolute atomic E-state index is 0.0467. The Morgan fingerprint density at radius 3 is 2.78 bits per heavy atom. The first-order valence-corrected chi connectivity index (χ1v) is 7.77. The number of ether oxygens (including phenoxy) is 1. The summed E-state index contributed by atoms with van der Waals surface area (Å²) in [5, 5.41) is 38.4. The van der Waals surface area contributed by atoms with Gasteiger partial charge < -0.3 is 25.0 Å². The number of rotatable bonds is 3. The summed E-state index contributed by atoms with van der Waals surface area (Å²) in [7, 11) is 0. The molecule has 1 saturated heterocycles. The van der Waals surface area contributed by atoms with E-state index in [4.69, 9.17) is 10.1 Å². The standard InChI is InChI=1S/C14H13N7O6/c15-10-7-11(18-3-17-10)21(4-19-7)14(5-1-16-13(26)20-12(5)25)9(24)8(23)6(2-22)27-14/h1,3-4,6,8-9,15,22-24H,2H2,(H-,16,20,25,26)/p+1/t6-,8-,9-,14-/m1/s1. The predicted molar refractivity (Wildman–Crippen MR) is 90.7 cm³/mol. The van der Waals surface area contributed by atoms with Crippen molar-refractivity contribution in [3.63, 3.8) is 0 Å². The quantitative estimate of drug-likeness (QED) is 0.292. The first kappa shape index (κ1) is 17.3. The third kappa shape index (κ3) is 2.30. The maximum Gasteiger partial charge on any atom is 0.325 e. The van der Waals surface area contributed by atoms with Gasteiger partial charge in [0.15, 0.2) is 12.2 Å². The second-order valence-electron chi connectivity index (χ2n) is 5.97. The molecule has 0 aromatic carbocycles. The molecule has 0 amide bonds. The Balaban J connectivity index is 1.95. The van der Waals surface area contributed by atoms with Gasteiger partial charge in [-0.15, -0.1) is 4.99 Å². The van der Waals surface area contributed by atoms with Crippen molar-refractivity contribution in [3.05, 3.63) is 32.6 Å². The van der Waals surface area contributed by atoms with Gasteiger partial charge in [-0.05, 0) is 0 Å². The zero-order chi connectivity index (χ0) is 19.3. The average molecular weight is 376 g/mol. The number of nitrogens with one attached hydrogen (secondary N) is 3. The summed E-state index contributed by atoms with van der Waals surface area (Å²) >= 11 is 0. The molecule has 1 fully saturated rings. The number of amidine groups is 2. The van der Waals surface area contributed by atoms with Gasteiger partial charge in [-0.1, -0.05) is 4.99 Å². The third-order valence-corrected chi connectivity index (χ3v) is 4.51. The van der Waals surface area contributed by atoms with E-state index < -0.39 is 41.9 Å². The van der Waals surface area contributed by atoms with Crippen molar-refractivity contribution < 1.29 is 24.6 Å². The molecule has 0 aliphatic carbocycles. The van der Waals surface area contributed by atoms with E-state index in [-0.39, 0.29) is 22.9 Å². The van der Waals surface area contributed by atoms with Crippen LogP contribution in [0.3, 0.4) is 0 Å². The number of aliphatic hydroxyl groups is 3. The molecule has 27 heavy (non-hydrogen) atoms. The number of nitrogens with zero attached hydrogens (tertiary/aromatic N) is 4. The second-order valence-corrected chi connectivity index (χ2v) is 5.97. The van der Waals surface area contributed by atoms with E-state index in [9.17, 15) is 24.9 Å². The van der Waals surface area contributed by atoms with Crippen LogP contribution in [0, 0.1) is 5.41 Å². The Labute approximate surface area is 149 Å². The maximum atomic E-state index is 12.5. The largest absolute Gasteiger partial charge is 0.394 e. The molecule has 0 spiro atoms. The van der Waals surface area contributed by atoms with Gasteiger partial charge in [0.1, 0.15) is 23.9 Å². The van der Waals surface area contributed by atoms with Crippen molar-refractivity contribution in [1.29, 1.82) is 5.41 Å². The number of hydrogen-bond acceptors (Lipinski definition) is 9. The van der Waals surface area contributed by atoms with Crippen LogP contribution in [0.1, 0.15) is 5.56 Å². The summed E-state index contributed by atoms with van der Waals surface area (Å²) in [6, 6.07) is 0. The highest BCUT2D eigenvalue weighted by atomic mass is 16.6. The summed E-state index contributed by atoms with van der Waals surface area (Å²) in [6.07, 6.45) is -1.24. The number of aliphatic imine (C=N–C) groups is 3. The highest BCUT2D eigenvalue weighted by Gasteiger charge is 2.63. The Kier molecular flexibility index (Phi) is 3.81. The minimum Gasteiger partial charge on any atom is -0.394 e. The van der Waals surface area contributed by atoms with Crippen LogP contribution >= 0.6 is 0 Å². The van der Waals surface area contributed by atoms with Gasteiger partial charge in [-0.3, -0.25) is 15.2 Å². The van der Waals surface area contributed by atoms with Crippen LogP contribution in [-0.2, 0) is 10.5 Å². The van der Waals surface area contributed by atoms with Gasteiger partial charge in [0.25, 0.3) is 17.0 Å². The number of H-pyrrole nitrogens is 2. The fourth-order valence-electron chi connectivity index (χ4n) is 3.26. The molecule has 0 radical (unpaired) electrons. The summed E-state index contributed by atoms with van der Waals surface area (Å²) in [5.74, 6) is -0.151. The average Bonchev–Trinajstić information content (AvgIpc) is 3.18. The van der Waals surface area contributed by atoms with Crippen molar-refractivity contribution in [2.75, 3.05) is 6.61 Å². The summed E-state index contributed by atoms with van der Waals surface area (Å²) < 4.78 is 6.89. The highest BCUT2D eigenvalue weighted by molar-refractivity contribution is 6.69. The Bertz CT molecular complexity index is 1070. The van der Waals surface area contributed by atoms with Crippen LogP contribution < -0.4 is 11.2 Å². The maximum absolute atomic E-state index is 12.5. The Morgan fingerprint density at radius 2 is 2.11 bits per heavy atom. The van der Waals surface area contributed by atoms with Gasteiger partial charge in [0.05, 0.1) is 6.61 Å². The van der Waals surface area contributed by atoms with Crippen molar-refractivity contribution >= 4 is 30.1 Å². The molecule has 13 nitrogen and oxygen atoms in total. The number of fused-ring (bicyclic) bond motifs is 1. The van der Waals surface area contributed by atoms with Gasteiger partial charge in [0.2, 0.25) is 6.34 Å². The van der Waals surface area contributed by atoms with Crippen LogP contribution in [0.5, 0.6) is 0 Å². The van der Waals surface area contributed by atoms with Crippen molar-refractivity contribution in [1.82, 2.24) is 9.97 Å². The molecule has 1 aromatic heterocycles. The molecule has 0 saturated carbocycles. The van der Waals surface area contributed by atoms with E-state index in [1.807, 2.05) is 4.98 Å². The first-order valence-electron chi connectivity index (χ1n) is 7.77. The fraction of sp³-hybridized carbons (Fsp3) is 0.357. The fourth-order valence-corrected chi connectivity index (χ4v) is 3.26. The lowest BCUT2D eigenvalue weighted by Crippen LogP contribution is -2.55. The SMILES string of the molecule is N=C1N=CN=C2C1=NC=[N+]2[C@]1(c2c[nH]c(=O)[nH]c2=O)O[C@H](CO)[C@@H](O)[C@H]1O. The van der Waals surface area contributed by atoms with E-state index in [1.165, 1.54) is 0 Å². The molecule has 140 valence electrons. The second kappa shape index (κ2) is 5.95. The van der Waals surface area contributed by atoms with Crippen LogP contribution in [0.25, 0.3) is 0 Å². The zero-order valence-electron chi connectivity index (χ0n) is 13.5. The van der Waals surface area contributed by atoms with Crippen LogP contribution in [-0.4, -0.2) is 84.8 Å². The van der Waals surface area contributed by atoms with Crippen molar-refractivity contribution in [2.45, 2.75) is 24.0 Å². The highest BCUT2D eigenvalue weighted by Crippen LogP contribution is 2.40. The normalized spacial score (nSPS) is 32.2. The summed E-state index contributed by atoms with van der Waals surface area (Å²) in [4.78, 5) is 39.9. The van der Waals surface area contributed by atoms with Crippen molar-refractivity contribution in [2.24, 2.45) is 15.0 Å². The third-order valence-electron chi connectivity index (χ3n) is 4.51. The lowest BCUT2D eigenvalue weighted by molar-refractivity contribution is -0.591. The van der Waals surface area contributed by atoms with E-state index in [1.54, 1.807) is 0 Å². The Morgan fingerprint density at radius 1 is 1.33 bits per heavy atom. The van der Waals surface area contributed by atoms with Crippen LogP contribution in [0.4, 0.5) is 0 Å². The lowest BCUT2D eigenvalue weighted by Gasteiger charge is -2.31. The lowest BCUT2D eigenvalue weighted by atomic mass is 9.95. The van der Waals surface area contributed by atoms with Gasteiger partial charge in [-0.2, -0.15) is 9.57 Å². The molecule has 3 aliphatic rings. The van der Waals surface area contributed by atoms with Gasteiger partial charge >= 0.3 is 11.5 Å². The number of hydrogen-bond donors (Lipinski definition) is 6. The van der Waals surface area contributed by atoms with Gasteiger partial charge in [0, 0.05) is 6.20 Å². The van der Waals surface area contributed by atoms with E-state index in [0.717, 1.165) is 23.4 Å². The molecule has 4 atom stereocenters. The molecule has 6 N–H and O–H groups in total. The molecule has 0 bridgehead atoms. The number of aromatic amines is 2. The topological polar surface area (TPSA) is 200 Å². The first-order chi connectivity index (χ1) is 12.9. The van der Waals surface area contributed by atoms with E-state index >= 15 is 0 Å². The molecular weight excluding hydrogens is 362 g/mol. The predicted octanol–water partition coefficient (Wildman–Crippen LogP) is -3.76. The van der Waals surface area contributed by atoms with Crippen LogP contribution in [0.15, 0.2) is 30.8 Å². The Hall–Kier alpha value is -3.13. The molecule has 4 rings (SSSR count). The van der Waals surface area contributed by atoms with E-state index in [0.29, 0.717) is 0 Å². The molecule has 4 heterocycles. The number of aromatic nitrogens is 2. The molecule has 3 aliphatic heterocycles. The number of aliphatic hydroxyl groups excluding tert-OH is 3. The molecular formula is C14H14N7O6+. The van der Waals surface area contributed by atoms with Gasteiger partial charge in [-0.25, -0.2) is 4.79 Å². The smallest absolute Gasteiger partial charge is 0.325 e. The minimum atomic E-state index is -2.07. The monoisotopic (exact) mass is 376 g/mol. The molecule has 1 aromatic rings. The molecule has 0 unspecified atom stereocenters. The van der Waals surface area contributed by atoms with E-state index in [2.05, 4.69) is 20.0 Å². The molecule has 13 heteroatoms. The summed E-state index contributed by atoms with van der Waals surface area (Å²) in [5.41, 5.74) is -3.92. The van der Waals surface area contributed by atoms with Crippen molar-refractivity contribution in [3.8, 4) is 0 Å². The zero-order valence-corrected chi connectivity index (χ0v) is 13.5.